The van der Waals surface area contributed by atoms with Gasteiger partial charge in [0, 0.05) is 0 Å². The molecule has 0 bridgehead atoms. The predicted molar refractivity (Wildman–Crippen MR) is 123 cm³/mol. The third-order valence-corrected chi connectivity index (χ3v) is 4.92. The summed E-state index contributed by atoms with van der Waals surface area (Å²) in [6.45, 7) is 6.45. The van der Waals surface area contributed by atoms with Crippen LogP contribution in [0.15, 0.2) is 104 Å². The molecule has 0 aliphatic heterocycles. The summed E-state index contributed by atoms with van der Waals surface area (Å²) < 4.78 is 22.9. The lowest BCUT2D eigenvalue weighted by molar-refractivity contribution is -0.0351. The molecule has 0 aromatic heterocycles. The van der Waals surface area contributed by atoms with Gasteiger partial charge in [-0.1, -0.05) is 97.6 Å². The molecule has 0 aliphatic rings. The topological polar surface area (TPSA) is 36.9 Å². The van der Waals surface area contributed by atoms with Gasteiger partial charge in [-0.3, -0.25) is 0 Å². The molecule has 0 saturated carbocycles. The molecule has 4 heteroatoms. The van der Waals surface area contributed by atoms with Crippen LogP contribution >= 0.6 is 0 Å². The van der Waals surface area contributed by atoms with Gasteiger partial charge in [0.1, 0.15) is 12.2 Å². The highest BCUT2D eigenvalue weighted by Gasteiger charge is 2.37. The van der Waals surface area contributed by atoms with E-state index in [2.05, 4.69) is 43.0 Å². The Morgan fingerprint density at radius 1 is 0.548 bits per heavy atom. The smallest absolute Gasteiger partial charge is 0.143 e. The van der Waals surface area contributed by atoms with Crippen molar-refractivity contribution in [2.75, 3.05) is 39.6 Å². The highest BCUT2D eigenvalue weighted by atomic mass is 16.6. The van der Waals surface area contributed by atoms with Gasteiger partial charge in [-0.2, -0.15) is 0 Å². The lowest BCUT2D eigenvalue weighted by Gasteiger charge is -2.36. The summed E-state index contributed by atoms with van der Waals surface area (Å²) in [6.07, 6.45) is 1.41. The molecule has 3 rings (SSSR count). The second kappa shape index (κ2) is 12.7. The second-order valence-corrected chi connectivity index (χ2v) is 6.89. The van der Waals surface area contributed by atoms with Crippen LogP contribution in [0.25, 0.3) is 0 Å². The Labute approximate surface area is 185 Å². The van der Waals surface area contributed by atoms with Crippen LogP contribution in [0.4, 0.5) is 0 Å². The zero-order valence-electron chi connectivity index (χ0n) is 17.8. The minimum Gasteiger partial charge on any atom is -0.499 e. The molecule has 0 spiro atoms. The summed E-state index contributed by atoms with van der Waals surface area (Å²) in [5, 5.41) is 0. The third-order valence-electron chi connectivity index (χ3n) is 4.92. The highest BCUT2D eigenvalue weighted by Crippen LogP contribution is 2.40. The minimum absolute atomic E-state index is 0.443. The Kier molecular flexibility index (Phi) is 9.32. The van der Waals surface area contributed by atoms with Crippen molar-refractivity contribution in [1.82, 2.24) is 0 Å². The molecule has 0 N–H and O–H groups in total. The summed E-state index contributed by atoms with van der Waals surface area (Å²) in [7, 11) is 0. The van der Waals surface area contributed by atoms with Crippen LogP contribution in [-0.2, 0) is 24.5 Å². The summed E-state index contributed by atoms with van der Waals surface area (Å²) >= 11 is 0. The molecule has 4 nitrogen and oxygen atoms in total. The zero-order valence-corrected chi connectivity index (χ0v) is 17.8. The van der Waals surface area contributed by atoms with Gasteiger partial charge < -0.3 is 18.9 Å². The van der Waals surface area contributed by atoms with Gasteiger partial charge >= 0.3 is 0 Å². The second-order valence-electron chi connectivity index (χ2n) is 6.89. The van der Waals surface area contributed by atoms with Crippen molar-refractivity contribution in [3.05, 3.63) is 121 Å². The predicted octanol–water partition coefficient (Wildman–Crippen LogP) is 5.19. The summed E-state index contributed by atoms with van der Waals surface area (Å²) in [5.41, 5.74) is 2.53. The van der Waals surface area contributed by atoms with Gasteiger partial charge in [0.15, 0.2) is 0 Å². The summed E-state index contributed by atoms with van der Waals surface area (Å²) in [5.74, 6) is 0. The summed E-state index contributed by atoms with van der Waals surface area (Å²) in [4.78, 5) is 0. The van der Waals surface area contributed by atoms with E-state index in [4.69, 9.17) is 18.9 Å². The normalized spacial score (nSPS) is 11.2. The first-order valence-corrected chi connectivity index (χ1v) is 10.6. The molecule has 0 radical (unpaired) electrons. The maximum absolute atomic E-state index is 6.65. The lowest BCUT2D eigenvalue weighted by atomic mass is 9.80. The van der Waals surface area contributed by atoms with Crippen LogP contribution in [0.1, 0.15) is 16.7 Å². The van der Waals surface area contributed by atoms with Crippen molar-refractivity contribution < 1.29 is 18.9 Å². The Morgan fingerprint density at radius 3 is 1.35 bits per heavy atom. The van der Waals surface area contributed by atoms with Gasteiger partial charge in [0.25, 0.3) is 0 Å². The largest absolute Gasteiger partial charge is 0.499 e. The van der Waals surface area contributed by atoms with Crippen molar-refractivity contribution in [3.8, 4) is 0 Å². The van der Waals surface area contributed by atoms with Gasteiger partial charge in [0.2, 0.25) is 0 Å². The van der Waals surface area contributed by atoms with Crippen LogP contribution < -0.4 is 0 Å². The van der Waals surface area contributed by atoms with E-state index in [1.807, 2.05) is 54.6 Å². The fourth-order valence-electron chi connectivity index (χ4n) is 3.53. The minimum atomic E-state index is -0.717. The van der Waals surface area contributed by atoms with Crippen LogP contribution in [0, 0.1) is 0 Å². The SMILES string of the molecule is C=COCCOCCOCCOC(c1ccccc1)(c1ccccc1)c1ccccc1. The molecule has 0 heterocycles. The highest BCUT2D eigenvalue weighted by molar-refractivity contribution is 5.47. The molecular weight excluding hydrogens is 388 g/mol. The standard InChI is InChI=1S/C27H30O4/c1-2-28-18-19-29-20-21-30-22-23-31-27(24-12-6-3-7-13-24,25-14-8-4-9-15-25)26-16-10-5-11-17-26/h2-17H,1,18-23H2. The van der Waals surface area contributed by atoms with E-state index in [-0.39, 0.29) is 0 Å². The van der Waals surface area contributed by atoms with Crippen LogP contribution in [-0.4, -0.2) is 39.6 Å². The molecule has 3 aromatic rings. The van der Waals surface area contributed by atoms with Crippen molar-refractivity contribution >= 4 is 0 Å². The van der Waals surface area contributed by atoms with Crippen LogP contribution in [0.2, 0.25) is 0 Å². The molecular formula is C27H30O4. The maximum atomic E-state index is 6.65. The average Bonchev–Trinajstić information content (AvgIpc) is 2.84. The van der Waals surface area contributed by atoms with Crippen LogP contribution in [0.5, 0.6) is 0 Å². The van der Waals surface area contributed by atoms with E-state index in [0.29, 0.717) is 39.6 Å². The number of rotatable bonds is 14. The molecule has 3 aromatic carbocycles. The number of hydrogen-bond donors (Lipinski definition) is 0. The molecule has 0 saturated heterocycles. The molecule has 0 unspecified atom stereocenters. The molecule has 0 atom stereocenters. The summed E-state index contributed by atoms with van der Waals surface area (Å²) in [6, 6.07) is 31.0. The first-order chi connectivity index (χ1) is 15.4. The lowest BCUT2D eigenvalue weighted by Crippen LogP contribution is -2.34. The molecule has 0 fully saturated rings. The van der Waals surface area contributed by atoms with Crippen LogP contribution in [0.3, 0.4) is 0 Å². The van der Waals surface area contributed by atoms with E-state index in [9.17, 15) is 0 Å². The van der Waals surface area contributed by atoms with Gasteiger partial charge in [-0.25, -0.2) is 0 Å². The quantitative estimate of drug-likeness (QED) is 0.205. The van der Waals surface area contributed by atoms with Crippen molar-refractivity contribution in [2.24, 2.45) is 0 Å². The van der Waals surface area contributed by atoms with Gasteiger partial charge in [-0.05, 0) is 16.7 Å². The van der Waals surface area contributed by atoms with Crippen molar-refractivity contribution in [1.29, 1.82) is 0 Å². The fraction of sp³-hybridized carbons (Fsp3) is 0.259. The van der Waals surface area contributed by atoms with E-state index in [1.165, 1.54) is 6.26 Å². The Morgan fingerprint density at radius 2 is 0.935 bits per heavy atom. The number of hydrogen-bond acceptors (Lipinski definition) is 4. The average molecular weight is 419 g/mol. The first-order valence-electron chi connectivity index (χ1n) is 10.6. The zero-order chi connectivity index (χ0) is 21.6. The van der Waals surface area contributed by atoms with E-state index < -0.39 is 5.60 Å². The number of ether oxygens (including phenoxy) is 4. The van der Waals surface area contributed by atoms with E-state index in [0.717, 1.165) is 16.7 Å². The molecule has 0 amide bonds. The Balaban J connectivity index is 1.71. The monoisotopic (exact) mass is 418 g/mol. The first kappa shape index (κ1) is 22.8. The van der Waals surface area contributed by atoms with Gasteiger partial charge in [0.05, 0.1) is 39.3 Å². The van der Waals surface area contributed by atoms with Gasteiger partial charge in [-0.15, -0.1) is 0 Å². The molecule has 162 valence electrons. The molecule has 31 heavy (non-hydrogen) atoms. The Bertz CT molecular complexity index is 769. The maximum Gasteiger partial charge on any atom is 0.143 e. The molecule has 0 aliphatic carbocycles. The fourth-order valence-corrected chi connectivity index (χ4v) is 3.53. The van der Waals surface area contributed by atoms with E-state index >= 15 is 0 Å². The third kappa shape index (κ3) is 6.28. The van der Waals surface area contributed by atoms with E-state index in [1.54, 1.807) is 0 Å². The van der Waals surface area contributed by atoms with Crippen molar-refractivity contribution in [2.45, 2.75) is 5.60 Å². The van der Waals surface area contributed by atoms with Crippen molar-refractivity contribution in [3.63, 3.8) is 0 Å². The Hall–Kier alpha value is -2.92. The number of benzene rings is 3.